The van der Waals surface area contributed by atoms with E-state index in [4.69, 9.17) is 9.47 Å². The first-order valence-electron chi connectivity index (χ1n) is 9.13. The summed E-state index contributed by atoms with van der Waals surface area (Å²) in [5.74, 6) is 0.533. The third-order valence-corrected chi connectivity index (χ3v) is 3.80. The molecule has 0 unspecified atom stereocenters. The molecular formula is C19H32FNO2. The van der Waals surface area contributed by atoms with E-state index in [2.05, 4.69) is 4.90 Å². The molecule has 23 heavy (non-hydrogen) atoms. The second-order valence-corrected chi connectivity index (χ2v) is 5.25. The Morgan fingerprint density at radius 3 is 2.35 bits per heavy atom. The molecule has 0 spiro atoms. The van der Waals surface area contributed by atoms with Crippen LogP contribution in [0.3, 0.4) is 0 Å². The van der Waals surface area contributed by atoms with Gasteiger partial charge in [0.25, 0.3) is 0 Å². The van der Waals surface area contributed by atoms with Crippen molar-refractivity contribution in [1.82, 2.24) is 4.90 Å². The zero-order valence-electron chi connectivity index (χ0n) is 15.2. The van der Waals surface area contributed by atoms with Crippen LogP contribution < -0.4 is 9.47 Å². The highest BCUT2D eigenvalue weighted by atomic mass is 19.1. The molecule has 0 saturated carbocycles. The SMILES string of the molecule is CC.CC.Fc1cc(CCCN2CCCC2)cc2c1OCCO2. The molecule has 4 heteroatoms. The molecule has 2 aliphatic rings. The molecule has 1 saturated heterocycles. The summed E-state index contributed by atoms with van der Waals surface area (Å²) in [7, 11) is 0. The van der Waals surface area contributed by atoms with Gasteiger partial charge in [-0.05, 0) is 63.0 Å². The van der Waals surface area contributed by atoms with Crippen molar-refractivity contribution in [3.05, 3.63) is 23.5 Å². The summed E-state index contributed by atoms with van der Waals surface area (Å²) >= 11 is 0. The van der Waals surface area contributed by atoms with Gasteiger partial charge in [-0.15, -0.1) is 0 Å². The lowest BCUT2D eigenvalue weighted by Crippen LogP contribution is -2.21. The number of likely N-dealkylation sites (tertiary alicyclic amines) is 1. The highest BCUT2D eigenvalue weighted by Gasteiger charge is 2.18. The van der Waals surface area contributed by atoms with Crippen LogP contribution in [0.1, 0.15) is 52.5 Å². The second kappa shape index (κ2) is 11.3. The van der Waals surface area contributed by atoms with Crippen molar-refractivity contribution >= 4 is 0 Å². The Balaban J connectivity index is 0.000000615. The standard InChI is InChI=1S/C15H20FNO2.2C2H6/c16-13-10-12(4-3-7-17-5-1-2-6-17)11-14-15(13)19-9-8-18-14;2*1-2/h10-11H,1-9H2;2*1-2H3. The molecule has 0 aliphatic carbocycles. The number of hydrogen-bond donors (Lipinski definition) is 0. The Labute approximate surface area is 140 Å². The van der Waals surface area contributed by atoms with Gasteiger partial charge in [0.05, 0.1) is 0 Å². The maximum atomic E-state index is 13.8. The summed E-state index contributed by atoms with van der Waals surface area (Å²) in [6.45, 7) is 12.5. The first-order valence-corrected chi connectivity index (χ1v) is 9.13. The third-order valence-electron chi connectivity index (χ3n) is 3.80. The highest BCUT2D eigenvalue weighted by molar-refractivity contribution is 5.45. The van der Waals surface area contributed by atoms with E-state index in [9.17, 15) is 4.39 Å². The van der Waals surface area contributed by atoms with Crippen molar-refractivity contribution in [2.75, 3.05) is 32.8 Å². The Hall–Kier alpha value is -1.29. The van der Waals surface area contributed by atoms with E-state index in [0.717, 1.165) is 24.9 Å². The summed E-state index contributed by atoms with van der Waals surface area (Å²) in [4.78, 5) is 2.48. The number of nitrogens with zero attached hydrogens (tertiary/aromatic N) is 1. The van der Waals surface area contributed by atoms with Gasteiger partial charge >= 0.3 is 0 Å². The molecule has 2 heterocycles. The number of hydrogen-bond acceptors (Lipinski definition) is 3. The summed E-state index contributed by atoms with van der Waals surface area (Å²) in [6.07, 6.45) is 4.60. The monoisotopic (exact) mass is 325 g/mol. The zero-order valence-corrected chi connectivity index (χ0v) is 15.2. The molecule has 0 amide bonds. The Kier molecular flexibility index (Phi) is 9.69. The van der Waals surface area contributed by atoms with Gasteiger partial charge in [-0.1, -0.05) is 27.7 Å². The molecule has 0 N–H and O–H groups in total. The minimum absolute atomic E-state index is 0.273. The average Bonchev–Trinajstić information content (AvgIpc) is 3.12. The van der Waals surface area contributed by atoms with Crippen LogP contribution in [0.4, 0.5) is 4.39 Å². The van der Waals surface area contributed by atoms with Crippen LogP contribution in [-0.2, 0) is 6.42 Å². The van der Waals surface area contributed by atoms with Crippen molar-refractivity contribution in [3.8, 4) is 11.5 Å². The van der Waals surface area contributed by atoms with Crippen molar-refractivity contribution in [3.63, 3.8) is 0 Å². The van der Waals surface area contributed by atoms with Crippen LogP contribution in [0.5, 0.6) is 11.5 Å². The van der Waals surface area contributed by atoms with Gasteiger partial charge in [0.1, 0.15) is 13.2 Å². The van der Waals surface area contributed by atoms with Crippen LogP contribution >= 0.6 is 0 Å². The number of rotatable bonds is 4. The molecule has 1 aromatic carbocycles. The minimum atomic E-state index is -0.298. The second-order valence-electron chi connectivity index (χ2n) is 5.25. The Bertz CT molecular complexity index is 445. The lowest BCUT2D eigenvalue weighted by Gasteiger charge is -2.20. The van der Waals surface area contributed by atoms with Crippen molar-refractivity contribution < 1.29 is 13.9 Å². The van der Waals surface area contributed by atoms with E-state index in [1.165, 1.54) is 25.9 Å². The molecule has 132 valence electrons. The van der Waals surface area contributed by atoms with Gasteiger partial charge in [-0.25, -0.2) is 4.39 Å². The lowest BCUT2D eigenvalue weighted by molar-refractivity contribution is 0.164. The molecule has 3 nitrogen and oxygen atoms in total. The van der Waals surface area contributed by atoms with E-state index >= 15 is 0 Å². The van der Waals surface area contributed by atoms with Crippen molar-refractivity contribution in [2.24, 2.45) is 0 Å². The molecule has 1 aromatic rings. The first-order chi connectivity index (χ1) is 11.3. The predicted octanol–water partition coefficient (Wildman–Crippen LogP) is 4.68. The minimum Gasteiger partial charge on any atom is -0.486 e. The van der Waals surface area contributed by atoms with Gasteiger partial charge < -0.3 is 14.4 Å². The van der Waals surface area contributed by atoms with Gasteiger partial charge in [0.2, 0.25) is 0 Å². The van der Waals surface area contributed by atoms with Gasteiger partial charge in [0, 0.05) is 0 Å². The van der Waals surface area contributed by atoms with Crippen molar-refractivity contribution in [2.45, 2.75) is 53.4 Å². The van der Waals surface area contributed by atoms with Crippen LogP contribution in [0, 0.1) is 5.82 Å². The van der Waals surface area contributed by atoms with Gasteiger partial charge in [0.15, 0.2) is 17.3 Å². The van der Waals surface area contributed by atoms with E-state index < -0.39 is 0 Å². The average molecular weight is 325 g/mol. The van der Waals surface area contributed by atoms with E-state index in [1.807, 2.05) is 33.8 Å². The van der Waals surface area contributed by atoms with E-state index in [-0.39, 0.29) is 11.6 Å². The maximum Gasteiger partial charge on any atom is 0.197 e. The third kappa shape index (κ3) is 6.02. The fourth-order valence-corrected chi connectivity index (χ4v) is 2.82. The van der Waals surface area contributed by atoms with Crippen LogP contribution in [-0.4, -0.2) is 37.7 Å². The molecule has 0 bridgehead atoms. The molecule has 2 aliphatic heterocycles. The number of ether oxygens (including phenoxy) is 2. The lowest BCUT2D eigenvalue weighted by atomic mass is 10.1. The highest BCUT2D eigenvalue weighted by Crippen LogP contribution is 2.34. The Morgan fingerprint density at radius 2 is 1.65 bits per heavy atom. The van der Waals surface area contributed by atoms with Crippen LogP contribution in [0.25, 0.3) is 0 Å². The molecule has 0 atom stereocenters. The summed E-state index contributed by atoms with van der Waals surface area (Å²) in [6, 6.07) is 3.50. The summed E-state index contributed by atoms with van der Waals surface area (Å²) in [5, 5.41) is 0. The predicted molar refractivity (Wildman–Crippen MR) is 94.1 cm³/mol. The fraction of sp³-hybridized carbons (Fsp3) is 0.684. The van der Waals surface area contributed by atoms with E-state index in [1.54, 1.807) is 6.07 Å². The van der Waals surface area contributed by atoms with Gasteiger partial charge in [-0.3, -0.25) is 0 Å². The molecule has 0 aromatic heterocycles. The molecule has 1 fully saturated rings. The van der Waals surface area contributed by atoms with E-state index in [0.29, 0.717) is 19.0 Å². The topological polar surface area (TPSA) is 21.7 Å². The normalized spacial score (nSPS) is 16.0. The molecule has 3 rings (SSSR count). The number of halogens is 1. The zero-order chi connectivity index (χ0) is 17.1. The Morgan fingerprint density at radius 1 is 1.00 bits per heavy atom. The number of benzene rings is 1. The summed E-state index contributed by atoms with van der Waals surface area (Å²) < 4.78 is 24.6. The van der Waals surface area contributed by atoms with Crippen molar-refractivity contribution in [1.29, 1.82) is 0 Å². The first kappa shape index (κ1) is 19.8. The molecule has 0 radical (unpaired) electrons. The van der Waals surface area contributed by atoms with Crippen LogP contribution in [0.15, 0.2) is 12.1 Å². The van der Waals surface area contributed by atoms with Gasteiger partial charge in [-0.2, -0.15) is 0 Å². The smallest absolute Gasteiger partial charge is 0.197 e. The maximum absolute atomic E-state index is 13.8. The largest absolute Gasteiger partial charge is 0.486 e. The van der Waals surface area contributed by atoms with Crippen LogP contribution in [0.2, 0.25) is 0 Å². The number of aryl methyl sites for hydroxylation is 1. The molecular weight excluding hydrogens is 293 g/mol. The number of fused-ring (bicyclic) bond motifs is 1. The summed E-state index contributed by atoms with van der Waals surface area (Å²) in [5.41, 5.74) is 1.00. The fourth-order valence-electron chi connectivity index (χ4n) is 2.82. The quantitative estimate of drug-likeness (QED) is 0.802.